The van der Waals surface area contributed by atoms with Gasteiger partial charge < -0.3 is 20.3 Å². The molecule has 3 N–H and O–H groups in total. The van der Waals surface area contributed by atoms with Crippen molar-refractivity contribution in [1.29, 1.82) is 0 Å². The molecule has 0 saturated heterocycles. The zero-order valence-electron chi connectivity index (χ0n) is 11.0. The zero-order chi connectivity index (χ0) is 14.5. The fraction of sp³-hybridized carbons (Fsp3) is 0.133. The fourth-order valence-electron chi connectivity index (χ4n) is 1.72. The summed E-state index contributed by atoms with van der Waals surface area (Å²) < 4.78 is 5.02. The minimum absolute atomic E-state index is 0.0507. The summed E-state index contributed by atoms with van der Waals surface area (Å²) in [7, 11) is 1.49. The highest BCUT2D eigenvalue weighted by atomic mass is 16.5. The van der Waals surface area contributed by atoms with Gasteiger partial charge in [0.25, 0.3) is 5.91 Å². The van der Waals surface area contributed by atoms with Gasteiger partial charge in [-0.1, -0.05) is 12.1 Å². The van der Waals surface area contributed by atoms with Crippen LogP contribution in [-0.2, 0) is 6.61 Å². The number of phenolic OH excluding ortho intramolecular Hbond substituents is 1. The summed E-state index contributed by atoms with van der Waals surface area (Å²) in [5, 5.41) is 21.3. The van der Waals surface area contributed by atoms with E-state index in [1.54, 1.807) is 30.3 Å². The van der Waals surface area contributed by atoms with Gasteiger partial charge in [-0.25, -0.2) is 0 Å². The first kappa shape index (κ1) is 13.9. The SMILES string of the molecule is COc1ccc(O)c(C(=O)Nc2ccc(CO)cc2)c1. The molecular weight excluding hydrogens is 258 g/mol. The highest BCUT2D eigenvalue weighted by Crippen LogP contribution is 2.24. The molecule has 0 aliphatic heterocycles. The second-order valence-corrected chi connectivity index (χ2v) is 4.19. The molecule has 5 nitrogen and oxygen atoms in total. The van der Waals surface area contributed by atoms with E-state index in [2.05, 4.69) is 5.32 Å². The van der Waals surface area contributed by atoms with Crippen LogP contribution in [0.1, 0.15) is 15.9 Å². The van der Waals surface area contributed by atoms with Gasteiger partial charge >= 0.3 is 0 Å². The third-order valence-electron chi connectivity index (χ3n) is 2.84. The maximum Gasteiger partial charge on any atom is 0.259 e. The first-order valence-corrected chi connectivity index (χ1v) is 6.02. The van der Waals surface area contributed by atoms with Crippen molar-refractivity contribution in [2.24, 2.45) is 0 Å². The number of carbonyl (C=O) groups is 1. The molecule has 1 amide bonds. The Balaban J connectivity index is 2.18. The molecule has 2 rings (SSSR count). The molecule has 0 spiro atoms. The van der Waals surface area contributed by atoms with Crippen molar-refractivity contribution in [3.8, 4) is 11.5 Å². The van der Waals surface area contributed by atoms with Gasteiger partial charge in [-0.05, 0) is 35.9 Å². The summed E-state index contributed by atoms with van der Waals surface area (Å²) in [5.74, 6) is -0.0583. The van der Waals surface area contributed by atoms with Crippen LogP contribution >= 0.6 is 0 Å². The van der Waals surface area contributed by atoms with E-state index in [-0.39, 0.29) is 17.9 Å². The molecule has 0 aliphatic carbocycles. The Labute approximate surface area is 116 Å². The fourth-order valence-corrected chi connectivity index (χ4v) is 1.72. The van der Waals surface area contributed by atoms with Gasteiger partial charge in [0, 0.05) is 5.69 Å². The Morgan fingerprint density at radius 2 is 1.90 bits per heavy atom. The van der Waals surface area contributed by atoms with Crippen LogP contribution < -0.4 is 10.1 Å². The number of aromatic hydroxyl groups is 1. The molecule has 104 valence electrons. The van der Waals surface area contributed by atoms with E-state index >= 15 is 0 Å². The van der Waals surface area contributed by atoms with Crippen molar-refractivity contribution in [3.63, 3.8) is 0 Å². The molecule has 0 aliphatic rings. The molecular formula is C15H15NO4. The second kappa shape index (κ2) is 6.08. The van der Waals surface area contributed by atoms with E-state index in [1.807, 2.05) is 0 Å². The van der Waals surface area contributed by atoms with Gasteiger partial charge in [-0.15, -0.1) is 0 Å². The molecule has 0 radical (unpaired) electrons. The molecule has 0 unspecified atom stereocenters. The van der Waals surface area contributed by atoms with Gasteiger partial charge in [0.05, 0.1) is 19.3 Å². The largest absolute Gasteiger partial charge is 0.507 e. The minimum Gasteiger partial charge on any atom is -0.507 e. The smallest absolute Gasteiger partial charge is 0.259 e. The third-order valence-corrected chi connectivity index (χ3v) is 2.84. The molecule has 2 aromatic carbocycles. The highest BCUT2D eigenvalue weighted by Gasteiger charge is 2.12. The summed E-state index contributed by atoms with van der Waals surface area (Å²) in [5.41, 5.74) is 1.47. The maximum atomic E-state index is 12.1. The van der Waals surface area contributed by atoms with E-state index in [4.69, 9.17) is 9.84 Å². The normalized spacial score (nSPS) is 10.1. The van der Waals surface area contributed by atoms with Crippen molar-refractivity contribution < 1.29 is 19.7 Å². The van der Waals surface area contributed by atoms with Crippen LogP contribution in [0.25, 0.3) is 0 Å². The Kier molecular flexibility index (Phi) is 4.22. The van der Waals surface area contributed by atoms with Crippen molar-refractivity contribution >= 4 is 11.6 Å². The molecule has 0 fully saturated rings. The number of hydrogen-bond donors (Lipinski definition) is 3. The van der Waals surface area contributed by atoms with Gasteiger partial charge in [-0.2, -0.15) is 0 Å². The van der Waals surface area contributed by atoms with Crippen LogP contribution in [0.4, 0.5) is 5.69 Å². The topological polar surface area (TPSA) is 78.8 Å². The first-order chi connectivity index (χ1) is 9.63. The van der Waals surface area contributed by atoms with Crippen LogP contribution in [-0.4, -0.2) is 23.2 Å². The molecule has 0 atom stereocenters. The van der Waals surface area contributed by atoms with E-state index in [0.717, 1.165) is 5.56 Å². The number of phenols is 1. The van der Waals surface area contributed by atoms with Crippen molar-refractivity contribution in [3.05, 3.63) is 53.6 Å². The van der Waals surface area contributed by atoms with Crippen molar-refractivity contribution in [2.75, 3.05) is 12.4 Å². The van der Waals surface area contributed by atoms with E-state index in [0.29, 0.717) is 11.4 Å². The van der Waals surface area contributed by atoms with Gasteiger partial charge in [0.15, 0.2) is 0 Å². The second-order valence-electron chi connectivity index (χ2n) is 4.19. The number of hydrogen-bond acceptors (Lipinski definition) is 4. The Bertz CT molecular complexity index is 608. The lowest BCUT2D eigenvalue weighted by Crippen LogP contribution is -2.12. The zero-order valence-corrected chi connectivity index (χ0v) is 11.0. The van der Waals surface area contributed by atoms with Crippen LogP contribution in [0, 0.1) is 0 Å². The Hall–Kier alpha value is -2.53. The summed E-state index contributed by atoms with van der Waals surface area (Å²) in [6, 6.07) is 11.2. The van der Waals surface area contributed by atoms with E-state index in [1.165, 1.54) is 19.2 Å². The summed E-state index contributed by atoms with van der Waals surface area (Å²) in [6.07, 6.45) is 0. The quantitative estimate of drug-likeness (QED) is 0.797. The lowest BCUT2D eigenvalue weighted by Gasteiger charge is -2.09. The molecule has 0 heterocycles. The minimum atomic E-state index is -0.432. The molecule has 0 saturated carbocycles. The van der Waals surface area contributed by atoms with Crippen LogP contribution in [0.2, 0.25) is 0 Å². The Morgan fingerprint density at radius 3 is 2.50 bits per heavy atom. The number of aliphatic hydroxyl groups excluding tert-OH is 1. The molecule has 0 aromatic heterocycles. The number of ether oxygens (including phenoxy) is 1. The number of methoxy groups -OCH3 is 1. The average Bonchev–Trinajstić information content (AvgIpc) is 2.48. The number of carbonyl (C=O) groups excluding carboxylic acids is 1. The summed E-state index contributed by atoms with van der Waals surface area (Å²) in [4.78, 5) is 12.1. The summed E-state index contributed by atoms with van der Waals surface area (Å²) in [6.45, 7) is -0.0507. The standard InChI is InChI=1S/C15H15NO4/c1-20-12-6-7-14(18)13(8-12)15(19)16-11-4-2-10(9-17)3-5-11/h2-8,17-18H,9H2,1H3,(H,16,19). The van der Waals surface area contributed by atoms with Crippen LogP contribution in [0.5, 0.6) is 11.5 Å². The van der Waals surface area contributed by atoms with Crippen LogP contribution in [0.3, 0.4) is 0 Å². The van der Waals surface area contributed by atoms with Gasteiger partial charge in [-0.3, -0.25) is 4.79 Å². The number of benzene rings is 2. The van der Waals surface area contributed by atoms with Gasteiger partial charge in [0.1, 0.15) is 11.5 Å². The Morgan fingerprint density at radius 1 is 1.20 bits per heavy atom. The van der Waals surface area contributed by atoms with Crippen molar-refractivity contribution in [1.82, 2.24) is 0 Å². The molecule has 0 bridgehead atoms. The number of nitrogens with one attached hydrogen (secondary N) is 1. The predicted octanol–water partition coefficient (Wildman–Crippen LogP) is 2.15. The van der Waals surface area contributed by atoms with E-state index in [9.17, 15) is 9.90 Å². The number of anilines is 1. The van der Waals surface area contributed by atoms with Crippen LogP contribution in [0.15, 0.2) is 42.5 Å². The molecule has 5 heteroatoms. The van der Waals surface area contributed by atoms with Crippen molar-refractivity contribution in [2.45, 2.75) is 6.61 Å². The van der Waals surface area contributed by atoms with Gasteiger partial charge in [0.2, 0.25) is 0 Å². The molecule has 2 aromatic rings. The predicted molar refractivity (Wildman–Crippen MR) is 75.0 cm³/mol. The monoisotopic (exact) mass is 273 g/mol. The third kappa shape index (κ3) is 3.07. The van der Waals surface area contributed by atoms with E-state index < -0.39 is 5.91 Å². The first-order valence-electron chi connectivity index (χ1n) is 6.02. The maximum absolute atomic E-state index is 12.1. The molecule has 20 heavy (non-hydrogen) atoms. The highest BCUT2D eigenvalue weighted by molar-refractivity contribution is 6.06. The lowest BCUT2D eigenvalue weighted by molar-refractivity contribution is 0.102. The number of aliphatic hydroxyl groups is 1. The summed E-state index contributed by atoms with van der Waals surface area (Å²) >= 11 is 0. The number of rotatable bonds is 4. The number of amides is 1. The average molecular weight is 273 g/mol. The lowest BCUT2D eigenvalue weighted by atomic mass is 10.1.